The number of aliphatic carboxylic acids is 1. The van der Waals surface area contributed by atoms with E-state index in [0.717, 1.165) is 0 Å². The van der Waals surface area contributed by atoms with E-state index >= 15 is 0 Å². The Morgan fingerprint density at radius 3 is 2.50 bits per heavy atom. The largest absolute Gasteiger partial charge is 0.497 e. The molecule has 0 saturated carbocycles. The van der Waals surface area contributed by atoms with Gasteiger partial charge in [-0.2, -0.15) is 0 Å². The first-order valence-corrected chi connectivity index (χ1v) is 6.30. The molecule has 0 aliphatic rings. The van der Waals surface area contributed by atoms with Crippen molar-refractivity contribution < 1.29 is 29.3 Å². The molecule has 1 aromatic carbocycles. The number of carbonyl (C=O) groups excluding carboxylic acids is 1. The summed E-state index contributed by atoms with van der Waals surface area (Å²) in [6, 6.07) is 3.08. The zero-order chi connectivity index (χ0) is 15.3. The van der Waals surface area contributed by atoms with Gasteiger partial charge in [0.25, 0.3) is 5.91 Å². The first-order chi connectivity index (χ1) is 9.40. The van der Waals surface area contributed by atoms with Gasteiger partial charge in [0.05, 0.1) is 30.8 Å². The van der Waals surface area contributed by atoms with Crippen LogP contribution in [0.5, 0.6) is 11.5 Å². The van der Waals surface area contributed by atoms with Gasteiger partial charge in [-0.3, -0.25) is 4.79 Å². The highest BCUT2D eigenvalue weighted by Gasteiger charge is 2.19. The highest BCUT2D eigenvalue weighted by Crippen LogP contribution is 2.33. The number of ether oxygens (including phenoxy) is 2. The van der Waals surface area contributed by atoms with Gasteiger partial charge in [-0.15, -0.1) is 0 Å². The number of carbonyl (C=O) groups is 2. The topological polar surface area (TPSA) is 105 Å². The van der Waals surface area contributed by atoms with Gasteiger partial charge < -0.3 is 25.0 Å². The van der Waals surface area contributed by atoms with E-state index in [4.69, 9.17) is 19.7 Å². The Kier molecular flexibility index (Phi) is 5.78. The molecule has 1 rings (SSSR count). The van der Waals surface area contributed by atoms with Crippen molar-refractivity contribution in [2.24, 2.45) is 0 Å². The molecule has 1 aromatic rings. The lowest BCUT2D eigenvalue weighted by Crippen LogP contribution is -2.36. The molecule has 3 N–H and O–H groups in total. The molecule has 0 unspecified atom stereocenters. The van der Waals surface area contributed by atoms with Crippen LogP contribution >= 0.6 is 15.9 Å². The zero-order valence-corrected chi connectivity index (χ0v) is 12.4. The maximum absolute atomic E-state index is 12.0. The van der Waals surface area contributed by atoms with Gasteiger partial charge >= 0.3 is 5.97 Å². The average Bonchev–Trinajstić information content (AvgIpc) is 2.42. The summed E-state index contributed by atoms with van der Waals surface area (Å²) in [6.45, 7) is -0.411. The minimum absolute atomic E-state index is 0.163. The summed E-state index contributed by atoms with van der Waals surface area (Å²) < 4.78 is 10.7. The molecule has 0 saturated heterocycles. The maximum Gasteiger partial charge on any atom is 0.334 e. The van der Waals surface area contributed by atoms with Gasteiger partial charge in [-0.05, 0) is 28.1 Å². The van der Waals surface area contributed by atoms with Crippen molar-refractivity contribution in [2.45, 2.75) is 6.10 Å². The van der Waals surface area contributed by atoms with E-state index in [9.17, 15) is 9.59 Å². The number of halogens is 1. The van der Waals surface area contributed by atoms with Crippen LogP contribution in [0.25, 0.3) is 0 Å². The highest BCUT2D eigenvalue weighted by molar-refractivity contribution is 9.10. The lowest BCUT2D eigenvalue weighted by Gasteiger charge is -2.13. The van der Waals surface area contributed by atoms with Crippen LogP contribution in [0, 0.1) is 0 Å². The fraction of sp³-hybridized carbons (Fsp3) is 0.333. The minimum atomic E-state index is -1.67. The van der Waals surface area contributed by atoms with Crippen molar-refractivity contribution in [1.82, 2.24) is 5.32 Å². The quantitative estimate of drug-likeness (QED) is 0.697. The van der Waals surface area contributed by atoms with Gasteiger partial charge in [0.1, 0.15) is 11.5 Å². The minimum Gasteiger partial charge on any atom is -0.497 e. The number of hydrogen-bond donors (Lipinski definition) is 3. The predicted molar refractivity (Wildman–Crippen MR) is 73.2 cm³/mol. The Morgan fingerprint density at radius 2 is 2.00 bits per heavy atom. The molecule has 8 heteroatoms. The van der Waals surface area contributed by atoms with Crippen molar-refractivity contribution in [2.75, 3.05) is 20.8 Å². The Hall–Kier alpha value is -1.80. The molecule has 0 fully saturated rings. The maximum atomic E-state index is 12.0. The van der Waals surface area contributed by atoms with E-state index in [0.29, 0.717) is 10.2 Å². The van der Waals surface area contributed by atoms with E-state index in [2.05, 4.69) is 21.2 Å². The number of benzene rings is 1. The van der Waals surface area contributed by atoms with Crippen molar-refractivity contribution in [1.29, 1.82) is 0 Å². The molecule has 0 aliphatic heterocycles. The van der Waals surface area contributed by atoms with Crippen LogP contribution in [0.2, 0.25) is 0 Å². The zero-order valence-electron chi connectivity index (χ0n) is 10.8. The number of aliphatic hydroxyl groups is 1. The molecule has 7 nitrogen and oxygen atoms in total. The Morgan fingerprint density at radius 1 is 1.35 bits per heavy atom. The van der Waals surface area contributed by atoms with Crippen molar-refractivity contribution in [3.8, 4) is 11.5 Å². The molecule has 0 spiro atoms. The third-order valence-corrected chi connectivity index (χ3v) is 3.03. The van der Waals surface area contributed by atoms with E-state index in [1.165, 1.54) is 20.3 Å². The smallest absolute Gasteiger partial charge is 0.334 e. The second kappa shape index (κ2) is 7.11. The van der Waals surface area contributed by atoms with Gasteiger partial charge in [0.2, 0.25) is 0 Å². The molecule has 0 heterocycles. The van der Waals surface area contributed by atoms with Gasteiger partial charge in [0.15, 0.2) is 6.10 Å². The molecule has 0 aromatic heterocycles. The van der Waals surface area contributed by atoms with Gasteiger partial charge in [-0.25, -0.2) is 4.79 Å². The third kappa shape index (κ3) is 3.84. The third-order valence-electron chi connectivity index (χ3n) is 2.44. The number of methoxy groups -OCH3 is 2. The van der Waals surface area contributed by atoms with E-state index in [1.807, 2.05) is 0 Å². The summed E-state index contributed by atoms with van der Waals surface area (Å²) in [5.41, 5.74) is 0.163. The SMILES string of the molecule is COc1cc(Br)c(OC)c(C(=O)NC[C@H](O)C(=O)O)c1. The van der Waals surface area contributed by atoms with Gasteiger partial charge in [0, 0.05) is 0 Å². The lowest BCUT2D eigenvalue weighted by molar-refractivity contribution is -0.146. The molecule has 1 amide bonds. The standard InChI is InChI=1S/C12H14BrNO6/c1-19-6-3-7(10(20-2)8(13)4-6)11(16)14-5-9(15)12(17)18/h3-4,9,15H,5H2,1-2H3,(H,14,16)(H,17,18)/t9-/m0/s1. The fourth-order valence-electron chi connectivity index (χ4n) is 1.43. The summed E-state index contributed by atoms with van der Waals surface area (Å²) in [7, 11) is 2.85. The van der Waals surface area contributed by atoms with Crippen LogP contribution in [0.15, 0.2) is 16.6 Å². The van der Waals surface area contributed by atoms with Crippen LogP contribution in [0.1, 0.15) is 10.4 Å². The van der Waals surface area contributed by atoms with Crippen LogP contribution in [-0.2, 0) is 4.79 Å². The Bertz CT molecular complexity index is 519. The van der Waals surface area contributed by atoms with Gasteiger partial charge in [-0.1, -0.05) is 0 Å². The highest BCUT2D eigenvalue weighted by atomic mass is 79.9. The lowest BCUT2D eigenvalue weighted by atomic mass is 10.1. The van der Waals surface area contributed by atoms with Crippen LogP contribution < -0.4 is 14.8 Å². The second-order valence-corrected chi connectivity index (χ2v) is 4.61. The summed E-state index contributed by atoms with van der Waals surface area (Å²) >= 11 is 3.24. The molecule has 110 valence electrons. The first kappa shape index (κ1) is 16.3. The predicted octanol–water partition coefficient (Wildman–Crippen LogP) is 0.642. The van der Waals surface area contributed by atoms with E-state index in [1.54, 1.807) is 6.07 Å². The molecule has 1 atom stereocenters. The normalized spacial score (nSPS) is 11.6. The van der Waals surface area contributed by atoms with Crippen molar-refractivity contribution in [3.05, 3.63) is 22.2 Å². The van der Waals surface area contributed by atoms with Crippen molar-refractivity contribution in [3.63, 3.8) is 0 Å². The Balaban J connectivity index is 2.96. The number of nitrogens with one attached hydrogen (secondary N) is 1. The number of carboxylic acid groups (broad SMARTS) is 1. The van der Waals surface area contributed by atoms with Crippen LogP contribution in [0.4, 0.5) is 0 Å². The molecular weight excluding hydrogens is 334 g/mol. The monoisotopic (exact) mass is 347 g/mol. The average molecular weight is 348 g/mol. The summed E-state index contributed by atoms with van der Waals surface area (Å²) in [5, 5.41) is 20.0. The number of carboxylic acids is 1. The number of rotatable bonds is 6. The summed E-state index contributed by atoms with van der Waals surface area (Å²) in [6.07, 6.45) is -1.67. The molecule has 20 heavy (non-hydrogen) atoms. The summed E-state index contributed by atoms with van der Waals surface area (Å²) in [4.78, 5) is 22.5. The molecule has 0 radical (unpaired) electrons. The first-order valence-electron chi connectivity index (χ1n) is 5.51. The molecular formula is C12H14BrNO6. The molecule has 0 bridgehead atoms. The number of amides is 1. The second-order valence-electron chi connectivity index (χ2n) is 3.75. The summed E-state index contributed by atoms with van der Waals surface area (Å²) in [5.74, 6) is -1.28. The van der Waals surface area contributed by atoms with E-state index in [-0.39, 0.29) is 11.3 Å². The molecule has 0 aliphatic carbocycles. The Labute approximate surface area is 123 Å². The number of hydrogen-bond acceptors (Lipinski definition) is 5. The number of aliphatic hydroxyl groups excluding tert-OH is 1. The van der Waals surface area contributed by atoms with E-state index < -0.39 is 24.5 Å². The van der Waals surface area contributed by atoms with Crippen LogP contribution in [-0.4, -0.2) is 49.0 Å². The fourth-order valence-corrected chi connectivity index (χ4v) is 2.04. The van der Waals surface area contributed by atoms with Crippen molar-refractivity contribution >= 4 is 27.8 Å². The van der Waals surface area contributed by atoms with Crippen LogP contribution in [0.3, 0.4) is 0 Å².